The Morgan fingerprint density at radius 1 is 1.27 bits per heavy atom. The van der Waals surface area contributed by atoms with Crippen molar-refractivity contribution in [1.29, 1.82) is 0 Å². The van der Waals surface area contributed by atoms with Gasteiger partial charge in [0.25, 0.3) is 0 Å². The van der Waals surface area contributed by atoms with Gasteiger partial charge in [0.15, 0.2) is 0 Å². The first-order valence-corrected chi connectivity index (χ1v) is 5.67. The monoisotopic (exact) mass is 175 g/mol. The Morgan fingerprint density at radius 2 is 1.91 bits per heavy atom. The van der Waals surface area contributed by atoms with Crippen molar-refractivity contribution >= 4 is 11.9 Å². The van der Waals surface area contributed by atoms with Gasteiger partial charge in [0.05, 0.1) is 0 Å². The van der Waals surface area contributed by atoms with Gasteiger partial charge >= 0.3 is 0 Å². The maximum atomic E-state index is 2.44. The average molecular weight is 175 g/mol. The van der Waals surface area contributed by atoms with E-state index in [0.29, 0.717) is 0 Å². The minimum absolute atomic E-state index is 0.835. The molecule has 0 saturated carbocycles. The molecule has 0 unspecified atom stereocenters. The van der Waals surface area contributed by atoms with Crippen molar-refractivity contribution in [1.82, 2.24) is 4.31 Å². The summed E-state index contributed by atoms with van der Waals surface area (Å²) >= 11 is 1.87. The molecule has 0 heterocycles. The number of hydrogen-bond acceptors (Lipinski definition) is 2. The van der Waals surface area contributed by atoms with Crippen LogP contribution in [0, 0.1) is 5.92 Å². The largest absolute Gasteiger partial charge is 0.251 e. The van der Waals surface area contributed by atoms with Crippen molar-refractivity contribution in [2.45, 2.75) is 33.6 Å². The van der Waals surface area contributed by atoms with E-state index in [2.05, 4.69) is 31.3 Å². The van der Waals surface area contributed by atoms with Gasteiger partial charge in [-0.05, 0) is 25.0 Å². The molecule has 0 spiro atoms. The van der Waals surface area contributed by atoms with E-state index in [-0.39, 0.29) is 0 Å². The number of hydrogen-bond donors (Lipinski definition) is 0. The molecule has 0 fully saturated rings. The molecule has 0 rings (SSSR count). The van der Waals surface area contributed by atoms with E-state index in [9.17, 15) is 0 Å². The van der Waals surface area contributed by atoms with Crippen LogP contribution in [0.2, 0.25) is 0 Å². The number of rotatable bonds is 6. The van der Waals surface area contributed by atoms with E-state index in [1.165, 1.54) is 25.9 Å². The van der Waals surface area contributed by atoms with E-state index in [1.807, 2.05) is 11.9 Å². The molecule has 0 aliphatic heterocycles. The van der Waals surface area contributed by atoms with Crippen LogP contribution in [0.4, 0.5) is 0 Å². The van der Waals surface area contributed by atoms with Crippen LogP contribution in [-0.2, 0) is 0 Å². The Balaban J connectivity index is 3.35. The minimum atomic E-state index is 0.835. The van der Waals surface area contributed by atoms with Crippen molar-refractivity contribution in [3.8, 4) is 0 Å². The van der Waals surface area contributed by atoms with Crippen LogP contribution in [0.5, 0.6) is 0 Å². The van der Waals surface area contributed by atoms with E-state index >= 15 is 0 Å². The van der Waals surface area contributed by atoms with E-state index in [0.717, 1.165) is 5.92 Å². The number of nitrogens with zero attached hydrogens (tertiary/aromatic N) is 1. The first-order valence-electron chi connectivity index (χ1n) is 4.49. The predicted molar refractivity (Wildman–Crippen MR) is 54.8 cm³/mol. The van der Waals surface area contributed by atoms with Gasteiger partial charge in [-0.3, -0.25) is 4.31 Å². The summed E-state index contributed by atoms with van der Waals surface area (Å²) in [6.45, 7) is 9.27. The van der Waals surface area contributed by atoms with Crippen LogP contribution in [0.1, 0.15) is 33.6 Å². The van der Waals surface area contributed by atoms with Gasteiger partial charge in [-0.1, -0.05) is 32.7 Å². The molecule has 68 valence electrons. The molecule has 0 N–H and O–H groups in total. The predicted octanol–water partition coefficient (Wildman–Crippen LogP) is 3.02. The lowest BCUT2D eigenvalue weighted by Gasteiger charge is -2.18. The summed E-state index contributed by atoms with van der Waals surface area (Å²) in [5.41, 5.74) is 0. The lowest BCUT2D eigenvalue weighted by atomic mass is 10.1. The Kier molecular flexibility index (Phi) is 7.18. The van der Waals surface area contributed by atoms with Gasteiger partial charge in [-0.15, -0.1) is 0 Å². The minimum Gasteiger partial charge on any atom is -0.251 e. The molecule has 0 atom stereocenters. The molecule has 0 aliphatic rings. The Hall–Kier alpha value is 0.310. The second-order valence-corrected chi connectivity index (χ2v) is 4.18. The summed E-state index contributed by atoms with van der Waals surface area (Å²) in [6, 6.07) is 0. The van der Waals surface area contributed by atoms with E-state index < -0.39 is 0 Å². The molecule has 0 aromatic rings. The molecule has 2 heteroatoms. The summed E-state index contributed by atoms with van der Waals surface area (Å²) in [6.07, 6.45) is 4.75. The molecular weight excluding hydrogens is 154 g/mol. The van der Waals surface area contributed by atoms with Gasteiger partial charge in [0.1, 0.15) is 0 Å². The van der Waals surface area contributed by atoms with E-state index in [1.54, 1.807) is 0 Å². The zero-order valence-electron chi connectivity index (χ0n) is 8.26. The maximum Gasteiger partial charge on any atom is 0.00916 e. The first kappa shape index (κ1) is 11.3. The third kappa shape index (κ3) is 6.70. The summed E-state index contributed by atoms with van der Waals surface area (Å²) in [5.74, 6) is 0.835. The normalized spacial score (nSPS) is 11.5. The highest BCUT2D eigenvalue weighted by atomic mass is 32.2. The maximum absolute atomic E-state index is 2.44. The molecule has 0 radical (unpaired) electrons. The topological polar surface area (TPSA) is 3.24 Å². The van der Waals surface area contributed by atoms with Gasteiger partial charge in [-0.2, -0.15) is 0 Å². The lowest BCUT2D eigenvalue weighted by molar-refractivity contribution is 0.420. The molecule has 0 amide bonds. The van der Waals surface area contributed by atoms with Crippen molar-refractivity contribution in [2.24, 2.45) is 5.92 Å². The molecule has 0 aromatic heterocycles. The highest BCUT2D eigenvalue weighted by molar-refractivity contribution is 7.96. The molecule has 0 bridgehead atoms. The van der Waals surface area contributed by atoms with Crippen LogP contribution in [0.15, 0.2) is 0 Å². The van der Waals surface area contributed by atoms with Gasteiger partial charge < -0.3 is 0 Å². The fourth-order valence-electron chi connectivity index (χ4n) is 0.946. The summed E-state index contributed by atoms with van der Waals surface area (Å²) in [5, 5.41) is 0. The van der Waals surface area contributed by atoms with Gasteiger partial charge in [-0.25, -0.2) is 0 Å². The van der Waals surface area contributed by atoms with Crippen LogP contribution in [0.25, 0.3) is 0 Å². The highest BCUT2D eigenvalue weighted by Crippen LogP contribution is 2.09. The van der Waals surface area contributed by atoms with Crippen LogP contribution in [-0.4, -0.2) is 23.7 Å². The van der Waals surface area contributed by atoms with Gasteiger partial charge in [0, 0.05) is 13.1 Å². The fraction of sp³-hybridized carbons (Fsp3) is 1.00. The van der Waals surface area contributed by atoms with Crippen LogP contribution < -0.4 is 0 Å². The second kappa shape index (κ2) is 6.99. The fourth-order valence-corrected chi connectivity index (χ4v) is 1.60. The summed E-state index contributed by atoms with van der Waals surface area (Å²) in [7, 11) is 0. The van der Waals surface area contributed by atoms with Gasteiger partial charge in [0.2, 0.25) is 0 Å². The third-order valence-electron chi connectivity index (χ3n) is 1.69. The Morgan fingerprint density at radius 3 is 2.27 bits per heavy atom. The Bertz CT molecular complexity index is 83.6. The molecule has 1 nitrogen and oxygen atoms in total. The lowest BCUT2D eigenvalue weighted by Crippen LogP contribution is -2.18. The summed E-state index contributed by atoms with van der Waals surface area (Å²) in [4.78, 5) is 0. The van der Waals surface area contributed by atoms with Crippen molar-refractivity contribution < 1.29 is 0 Å². The van der Waals surface area contributed by atoms with Crippen molar-refractivity contribution in [2.75, 3.05) is 19.3 Å². The quantitative estimate of drug-likeness (QED) is 0.571. The van der Waals surface area contributed by atoms with Crippen LogP contribution >= 0.6 is 11.9 Å². The van der Waals surface area contributed by atoms with Crippen molar-refractivity contribution in [3.63, 3.8) is 0 Å². The summed E-state index contributed by atoms with van der Waals surface area (Å²) < 4.78 is 2.44. The molecule has 11 heavy (non-hydrogen) atoms. The molecule has 0 aliphatic carbocycles. The zero-order valence-corrected chi connectivity index (χ0v) is 9.08. The first-order chi connectivity index (χ1) is 5.20. The molecule has 0 aromatic carbocycles. The third-order valence-corrected chi connectivity index (χ3v) is 2.57. The zero-order chi connectivity index (χ0) is 8.69. The smallest absolute Gasteiger partial charge is 0.00916 e. The second-order valence-electron chi connectivity index (χ2n) is 3.29. The molecular formula is C9H21NS. The Labute approximate surface area is 75.7 Å². The van der Waals surface area contributed by atoms with Crippen LogP contribution in [0.3, 0.4) is 0 Å². The molecule has 0 saturated heterocycles. The van der Waals surface area contributed by atoms with Crippen molar-refractivity contribution in [3.05, 3.63) is 0 Å². The standard InChI is InChI=1S/C9H21NS/c1-5-7-10(11-4)8-6-9(2)3/h9H,5-8H2,1-4H3. The average Bonchev–Trinajstić information content (AvgIpc) is 1.97. The SMILES string of the molecule is CCCN(CCC(C)C)SC. The highest BCUT2D eigenvalue weighted by Gasteiger charge is 2.02. The van der Waals surface area contributed by atoms with E-state index in [4.69, 9.17) is 0 Å².